The highest BCUT2D eigenvalue weighted by Gasteiger charge is 2.29. The molecule has 0 aliphatic carbocycles. The predicted octanol–water partition coefficient (Wildman–Crippen LogP) is 0.365. The van der Waals surface area contributed by atoms with Crippen molar-refractivity contribution < 1.29 is 9.59 Å². The minimum absolute atomic E-state index is 0.00396. The topological polar surface area (TPSA) is 100 Å². The summed E-state index contributed by atoms with van der Waals surface area (Å²) >= 11 is 1.26. The number of carbonyl (C=O) groups excluding carboxylic acids is 2. The monoisotopic (exact) mass is 297 g/mol. The van der Waals surface area contributed by atoms with Crippen molar-refractivity contribution in [1.29, 1.82) is 0 Å². The summed E-state index contributed by atoms with van der Waals surface area (Å²) in [6.45, 7) is 1.15. The Morgan fingerprint density at radius 2 is 2.00 bits per heavy atom. The lowest BCUT2D eigenvalue weighted by molar-refractivity contribution is -0.125. The summed E-state index contributed by atoms with van der Waals surface area (Å²) in [5, 5.41) is 6.16. The molecule has 0 spiro atoms. The summed E-state index contributed by atoms with van der Waals surface area (Å²) in [7, 11) is 3.37. The van der Waals surface area contributed by atoms with Gasteiger partial charge in [0.25, 0.3) is 5.91 Å². The molecule has 0 atom stereocenters. The normalized spacial score (nSPS) is 16.0. The van der Waals surface area contributed by atoms with Crippen LogP contribution in [0, 0.1) is 5.92 Å². The number of piperidine rings is 1. The summed E-state index contributed by atoms with van der Waals surface area (Å²) in [5.74, 6) is 0.206. The first-order valence-corrected chi connectivity index (χ1v) is 7.33. The van der Waals surface area contributed by atoms with E-state index in [1.165, 1.54) is 11.3 Å². The van der Waals surface area contributed by atoms with Gasteiger partial charge < -0.3 is 21.3 Å². The molecular weight excluding hydrogens is 278 g/mol. The fourth-order valence-electron chi connectivity index (χ4n) is 2.28. The molecule has 1 aromatic heterocycles. The Kier molecular flexibility index (Phi) is 4.43. The highest BCUT2D eigenvalue weighted by Crippen LogP contribution is 2.27. The molecule has 0 unspecified atom stereocenters. The van der Waals surface area contributed by atoms with Crippen molar-refractivity contribution in [3.8, 4) is 0 Å². The van der Waals surface area contributed by atoms with Gasteiger partial charge in [-0.05, 0) is 12.8 Å². The summed E-state index contributed by atoms with van der Waals surface area (Å²) in [6.07, 6.45) is 1.37. The second kappa shape index (κ2) is 6.08. The van der Waals surface area contributed by atoms with E-state index in [0.717, 1.165) is 0 Å². The number of nitrogens with zero attached hydrogens (tertiary/aromatic N) is 2. The second-order valence-electron chi connectivity index (χ2n) is 4.66. The van der Waals surface area contributed by atoms with Crippen molar-refractivity contribution in [2.24, 2.45) is 5.92 Å². The molecule has 0 saturated carbocycles. The van der Waals surface area contributed by atoms with Crippen LogP contribution >= 0.6 is 11.3 Å². The summed E-state index contributed by atoms with van der Waals surface area (Å²) in [5.41, 5.74) is 5.77. The summed E-state index contributed by atoms with van der Waals surface area (Å²) in [6, 6.07) is 0. The first-order valence-electron chi connectivity index (χ1n) is 6.51. The van der Waals surface area contributed by atoms with Crippen LogP contribution in [0.4, 0.5) is 10.9 Å². The third-order valence-corrected chi connectivity index (χ3v) is 4.54. The fraction of sp³-hybridized carbons (Fsp3) is 0.583. The molecule has 1 aliphatic heterocycles. The van der Waals surface area contributed by atoms with Gasteiger partial charge in [0, 0.05) is 33.1 Å². The van der Waals surface area contributed by atoms with Crippen LogP contribution < -0.4 is 16.4 Å². The number of aromatic nitrogens is 1. The van der Waals surface area contributed by atoms with Gasteiger partial charge in [0.2, 0.25) is 5.91 Å². The molecule has 1 saturated heterocycles. The Morgan fingerprint density at radius 1 is 1.35 bits per heavy atom. The maximum Gasteiger partial charge on any atom is 0.267 e. The van der Waals surface area contributed by atoms with Gasteiger partial charge in [-0.1, -0.05) is 11.3 Å². The van der Waals surface area contributed by atoms with Gasteiger partial charge in [-0.15, -0.1) is 0 Å². The SMILES string of the molecule is CNC(=O)C1CCN(C(=O)c2sc(NC)nc2N)CC1. The van der Waals surface area contributed by atoms with E-state index in [-0.39, 0.29) is 23.6 Å². The number of likely N-dealkylation sites (tertiary alicyclic amines) is 1. The minimum atomic E-state index is -0.100. The lowest BCUT2D eigenvalue weighted by Crippen LogP contribution is -2.42. The van der Waals surface area contributed by atoms with Crippen LogP contribution in [0.3, 0.4) is 0 Å². The molecule has 4 N–H and O–H groups in total. The Hall–Kier alpha value is -1.83. The maximum absolute atomic E-state index is 12.4. The zero-order valence-electron chi connectivity index (χ0n) is 11.6. The minimum Gasteiger partial charge on any atom is -0.382 e. The molecule has 20 heavy (non-hydrogen) atoms. The number of hydrogen-bond acceptors (Lipinski definition) is 6. The number of nitrogen functional groups attached to an aromatic ring is 1. The molecule has 2 amide bonds. The number of hydrogen-bond donors (Lipinski definition) is 3. The lowest BCUT2D eigenvalue weighted by atomic mass is 9.96. The van der Waals surface area contributed by atoms with Crippen molar-refractivity contribution in [2.45, 2.75) is 12.8 Å². The molecule has 0 radical (unpaired) electrons. The lowest BCUT2D eigenvalue weighted by Gasteiger charge is -2.30. The molecule has 110 valence electrons. The average molecular weight is 297 g/mol. The first kappa shape index (κ1) is 14.6. The van der Waals surface area contributed by atoms with Crippen LogP contribution in [0.2, 0.25) is 0 Å². The van der Waals surface area contributed by atoms with Gasteiger partial charge in [-0.2, -0.15) is 0 Å². The van der Waals surface area contributed by atoms with Gasteiger partial charge in [0.1, 0.15) is 10.7 Å². The number of rotatable bonds is 3. The van der Waals surface area contributed by atoms with Crippen LogP contribution in [-0.4, -0.2) is 48.9 Å². The van der Waals surface area contributed by atoms with Crippen LogP contribution in [0.15, 0.2) is 0 Å². The number of nitrogens with two attached hydrogens (primary N) is 1. The van der Waals surface area contributed by atoms with E-state index in [4.69, 9.17) is 5.73 Å². The van der Waals surface area contributed by atoms with E-state index in [0.29, 0.717) is 35.9 Å². The van der Waals surface area contributed by atoms with Gasteiger partial charge >= 0.3 is 0 Å². The third-order valence-electron chi connectivity index (χ3n) is 3.46. The van der Waals surface area contributed by atoms with Crippen LogP contribution in [0.1, 0.15) is 22.5 Å². The molecule has 0 aromatic carbocycles. The zero-order chi connectivity index (χ0) is 14.7. The largest absolute Gasteiger partial charge is 0.382 e. The highest BCUT2D eigenvalue weighted by atomic mass is 32.1. The van der Waals surface area contributed by atoms with E-state index < -0.39 is 0 Å². The Labute approximate surface area is 121 Å². The molecule has 1 aliphatic rings. The molecule has 1 fully saturated rings. The smallest absolute Gasteiger partial charge is 0.267 e. The summed E-state index contributed by atoms with van der Waals surface area (Å²) in [4.78, 5) is 30.2. The van der Waals surface area contributed by atoms with Crippen LogP contribution in [-0.2, 0) is 4.79 Å². The van der Waals surface area contributed by atoms with Gasteiger partial charge in [-0.25, -0.2) is 4.98 Å². The number of carbonyl (C=O) groups is 2. The Balaban J connectivity index is 2.01. The average Bonchev–Trinajstić information content (AvgIpc) is 2.87. The van der Waals surface area contributed by atoms with E-state index in [1.807, 2.05) is 0 Å². The number of thiazole rings is 1. The maximum atomic E-state index is 12.4. The first-order chi connectivity index (χ1) is 9.56. The fourth-order valence-corrected chi connectivity index (χ4v) is 3.09. The van der Waals surface area contributed by atoms with Gasteiger partial charge in [0.15, 0.2) is 5.13 Å². The summed E-state index contributed by atoms with van der Waals surface area (Å²) < 4.78 is 0. The van der Waals surface area contributed by atoms with Crippen molar-refractivity contribution >= 4 is 34.1 Å². The molecular formula is C12H19N5O2S. The number of amides is 2. The van der Waals surface area contributed by atoms with Crippen LogP contribution in [0.25, 0.3) is 0 Å². The second-order valence-corrected chi connectivity index (χ2v) is 5.66. The number of anilines is 2. The van der Waals surface area contributed by atoms with E-state index in [9.17, 15) is 9.59 Å². The van der Waals surface area contributed by atoms with Crippen molar-refractivity contribution in [1.82, 2.24) is 15.2 Å². The molecule has 7 nitrogen and oxygen atoms in total. The van der Waals surface area contributed by atoms with E-state index in [1.54, 1.807) is 19.0 Å². The number of nitrogens with one attached hydrogen (secondary N) is 2. The zero-order valence-corrected chi connectivity index (χ0v) is 12.4. The molecule has 1 aromatic rings. The quantitative estimate of drug-likeness (QED) is 0.748. The van der Waals surface area contributed by atoms with Crippen molar-refractivity contribution in [2.75, 3.05) is 38.2 Å². The van der Waals surface area contributed by atoms with Crippen LogP contribution in [0.5, 0.6) is 0 Å². The van der Waals surface area contributed by atoms with E-state index >= 15 is 0 Å². The Morgan fingerprint density at radius 3 is 2.50 bits per heavy atom. The standard InChI is InChI=1S/C12H19N5O2S/c1-14-10(18)7-3-5-17(6-4-7)11(19)8-9(13)16-12(15-2)20-8/h7H,3-6,13H2,1-2H3,(H,14,18)(H,15,16). The van der Waals surface area contributed by atoms with E-state index in [2.05, 4.69) is 15.6 Å². The predicted molar refractivity (Wildman–Crippen MR) is 78.8 cm³/mol. The highest BCUT2D eigenvalue weighted by molar-refractivity contribution is 7.18. The van der Waals surface area contributed by atoms with Crippen molar-refractivity contribution in [3.63, 3.8) is 0 Å². The molecule has 2 heterocycles. The molecule has 8 heteroatoms. The third kappa shape index (κ3) is 2.84. The van der Waals surface area contributed by atoms with Gasteiger partial charge in [-0.3, -0.25) is 9.59 Å². The van der Waals surface area contributed by atoms with Crippen molar-refractivity contribution in [3.05, 3.63) is 4.88 Å². The molecule has 0 bridgehead atoms. The van der Waals surface area contributed by atoms with Gasteiger partial charge in [0.05, 0.1) is 0 Å². The Bertz CT molecular complexity index is 508. The molecule has 2 rings (SSSR count).